The Labute approximate surface area is 108 Å². The summed E-state index contributed by atoms with van der Waals surface area (Å²) in [6.45, 7) is 0. The van der Waals surface area contributed by atoms with Gasteiger partial charge in [0.1, 0.15) is 5.54 Å². The number of phenolic OH excluding ortho intramolecular Hbond substituents is 1. The monoisotopic (exact) mass is 271 g/mol. The van der Waals surface area contributed by atoms with E-state index >= 15 is 0 Å². The first-order valence-corrected chi connectivity index (χ1v) is 5.78. The van der Waals surface area contributed by atoms with Crippen molar-refractivity contribution in [2.45, 2.75) is 24.8 Å². The van der Waals surface area contributed by atoms with Crippen molar-refractivity contribution < 1.29 is 19.0 Å². The van der Waals surface area contributed by atoms with Crippen molar-refractivity contribution in [2.75, 3.05) is 7.11 Å². The molecule has 96 valence electrons. The zero-order valence-corrected chi connectivity index (χ0v) is 10.4. The van der Waals surface area contributed by atoms with Crippen LogP contribution < -0.4 is 4.74 Å². The lowest BCUT2D eigenvalue weighted by atomic mass is 9.72. The Bertz CT molecular complexity index is 537. The molecule has 1 aliphatic carbocycles. The van der Waals surface area contributed by atoms with Crippen LogP contribution in [0, 0.1) is 5.82 Å². The van der Waals surface area contributed by atoms with E-state index in [1.54, 1.807) is 0 Å². The summed E-state index contributed by atoms with van der Waals surface area (Å²) in [5.41, 5.74) is -0.692. The van der Waals surface area contributed by atoms with Gasteiger partial charge < -0.3 is 9.84 Å². The van der Waals surface area contributed by atoms with Crippen LogP contribution in [0.15, 0.2) is 11.1 Å². The molecular weight excluding hydrogens is 261 g/mol. The number of aliphatic imine (C=N–C) groups is 1. The van der Waals surface area contributed by atoms with Gasteiger partial charge in [-0.25, -0.2) is 4.79 Å². The zero-order valence-electron chi connectivity index (χ0n) is 9.67. The average molecular weight is 272 g/mol. The number of phenols is 1. The Morgan fingerprint density at radius 3 is 2.72 bits per heavy atom. The molecule has 2 rings (SSSR count). The summed E-state index contributed by atoms with van der Waals surface area (Å²) < 4.78 is 18.6. The number of rotatable bonds is 3. The fraction of sp³-hybridized carbons (Fsp3) is 0.417. The third kappa shape index (κ3) is 1.76. The molecule has 1 aliphatic rings. The summed E-state index contributed by atoms with van der Waals surface area (Å²) in [5.74, 6) is -1.73. The molecule has 0 unspecified atom stereocenters. The molecule has 0 spiro atoms. The first kappa shape index (κ1) is 12.9. The minimum Gasteiger partial charge on any atom is -0.504 e. The molecule has 0 radical (unpaired) electrons. The predicted molar refractivity (Wildman–Crippen MR) is 63.3 cm³/mol. The summed E-state index contributed by atoms with van der Waals surface area (Å²) in [6, 6.07) is 1.39. The molecule has 1 saturated carbocycles. The van der Waals surface area contributed by atoms with Crippen molar-refractivity contribution in [1.29, 1.82) is 0 Å². The molecule has 0 bridgehead atoms. The molecule has 4 nitrogen and oxygen atoms in total. The Hall–Kier alpha value is -1.58. The second-order valence-electron chi connectivity index (χ2n) is 4.19. The quantitative estimate of drug-likeness (QED) is 0.679. The third-order valence-corrected chi connectivity index (χ3v) is 3.58. The molecule has 1 aromatic rings. The van der Waals surface area contributed by atoms with Gasteiger partial charge in [0, 0.05) is 5.56 Å². The Balaban J connectivity index is 2.62. The van der Waals surface area contributed by atoms with E-state index in [0.29, 0.717) is 12.8 Å². The summed E-state index contributed by atoms with van der Waals surface area (Å²) in [7, 11) is 1.26. The fourth-order valence-electron chi connectivity index (χ4n) is 2.17. The number of methoxy groups -OCH3 is 1. The van der Waals surface area contributed by atoms with Gasteiger partial charge in [0.2, 0.25) is 11.9 Å². The van der Waals surface area contributed by atoms with Gasteiger partial charge in [-0.05, 0) is 25.3 Å². The highest BCUT2D eigenvalue weighted by Gasteiger charge is 2.42. The first-order chi connectivity index (χ1) is 8.55. The van der Waals surface area contributed by atoms with Crippen LogP contribution >= 0.6 is 11.6 Å². The molecule has 6 heteroatoms. The molecule has 0 heterocycles. The average Bonchev–Trinajstić information content (AvgIpc) is 2.29. The Kier molecular flexibility index (Phi) is 3.28. The second-order valence-corrected chi connectivity index (χ2v) is 4.60. The molecule has 1 fully saturated rings. The molecule has 0 atom stereocenters. The lowest BCUT2D eigenvalue weighted by Gasteiger charge is -2.37. The summed E-state index contributed by atoms with van der Waals surface area (Å²) >= 11 is 5.88. The van der Waals surface area contributed by atoms with E-state index in [4.69, 9.17) is 16.3 Å². The summed E-state index contributed by atoms with van der Waals surface area (Å²) in [4.78, 5) is 14.2. The van der Waals surface area contributed by atoms with E-state index in [-0.39, 0.29) is 16.3 Å². The third-order valence-electron chi connectivity index (χ3n) is 3.30. The Morgan fingerprint density at radius 2 is 2.28 bits per heavy atom. The van der Waals surface area contributed by atoms with Gasteiger partial charge >= 0.3 is 0 Å². The standard InChI is InChI=1S/C12H11ClFNO3/c1-18-11-8(13)5-7(10(17)9(11)14)12(15-6-16)3-2-4-12/h5,17H,2-4H2,1H3. The van der Waals surface area contributed by atoms with Gasteiger partial charge in [-0.1, -0.05) is 11.6 Å². The maximum absolute atomic E-state index is 13.9. The molecule has 1 N–H and O–H groups in total. The number of benzene rings is 1. The number of hydrogen-bond acceptors (Lipinski definition) is 4. The normalized spacial score (nSPS) is 16.6. The van der Waals surface area contributed by atoms with Gasteiger partial charge in [-0.3, -0.25) is 0 Å². The van der Waals surface area contributed by atoms with Crippen LogP contribution in [-0.4, -0.2) is 18.3 Å². The van der Waals surface area contributed by atoms with Crippen molar-refractivity contribution in [3.05, 3.63) is 22.5 Å². The second kappa shape index (κ2) is 4.59. The minimum absolute atomic E-state index is 0.0372. The lowest BCUT2D eigenvalue weighted by molar-refractivity contribution is 0.243. The minimum atomic E-state index is -0.938. The van der Waals surface area contributed by atoms with Crippen molar-refractivity contribution in [1.82, 2.24) is 0 Å². The Morgan fingerprint density at radius 1 is 1.61 bits per heavy atom. The highest BCUT2D eigenvalue weighted by Crippen LogP contribution is 2.50. The summed E-state index contributed by atoms with van der Waals surface area (Å²) in [6.07, 6.45) is 3.42. The maximum Gasteiger partial charge on any atom is 0.235 e. The smallest absolute Gasteiger partial charge is 0.235 e. The van der Waals surface area contributed by atoms with E-state index in [1.807, 2.05) is 0 Å². The molecule has 0 amide bonds. The van der Waals surface area contributed by atoms with Crippen LogP contribution in [0.2, 0.25) is 5.02 Å². The molecular formula is C12H11ClFNO3. The number of hydrogen-bond donors (Lipinski definition) is 1. The SMILES string of the molecule is COc1c(Cl)cc(C2(N=C=O)CCC2)c(O)c1F. The number of aromatic hydroxyl groups is 1. The molecule has 1 aromatic carbocycles. The predicted octanol–water partition coefficient (Wildman–Crippen LogP) is 2.91. The first-order valence-electron chi connectivity index (χ1n) is 5.40. The fourth-order valence-corrected chi connectivity index (χ4v) is 2.44. The van der Waals surface area contributed by atoms with Crippen LogP contribution in [0.3, 0.4) is 0 Å². The van der Waals surface area contributed by atoms with Crippen LogP contribution in [0.1, 0.15) is 24.8 Å². The van der Waals surface area contributed by atoms with Gasteiger partial charge in [0.05, 0.1) is 12.1 Å². The maximum atomic E-state index is 13.9. The topological polar surface area (TPSA) is 58.9 Å². The summed E-state index contributed by atoms with van der Waals surface area (Å²) in [5, 5.41) is 9.89. The number of nitrogens with zero attached hydrogens (tertiary/aromatic N) is 1. The van der Waals surface area contributed by atoms with E-state index in [0.717, 1.165) is 6.42 Å². The lowest BCUT2D eigenvalue weighted by Crippen LogP contribution is -2.32. The largest absolute Gasteiger partial charge is 0.504 e. The van der Waals surface area contributed by atoms with Crippen molar-refractivity contribution >= 4 is 17.7 Å². The number of halogens is 2. The molecule has 0 aliphatic heterocycles. The van der Waals surface area contributed by atoms with E-state index in [9.17, 15) is 14.3 Å². The zero-order chi connectivity index (χ0) is 13.3. The van der Waals surface area contributed by atoms with Crippen molar-refractivity contribution in [2.24, 2.45) is 4.99 Å². The van der Waals surface area contributed by atoms with Crippen LogP contribution in [0.4, 0.5) is 4.39 Å². The molecule has 0 aromatic heterocycles. The van der Waals surface area contributed by atoms with Crippen LogP contribution in [0.5, 0.6) is 11.5 Å². The number of carbonyl (C=O) groups excluding carboxylic acids is 1. The van der Waals surface area contributed by atoms with E-state index in [1.165, 1.54) is 19.3 Å². The number of ether oxygens (including phenoxy) is 1. The highest BCUT2D eigenvalue weighted by atomic mass is 35.5. The van der Waals surface area contributed by atoms with Gasteiger partial charge in [0.25, 0.3) is 0 Å². The van der Waals surface area contributed by atoms with E-state index < -0.39 is 17.1 Å². The van der Waals surface area contributed by atoms with Crippen molar-refractivity contribution in [3.63, 3.8) is 0 Å². The van der Waals surface area contributed by atoms with Gasteiger partial charge in [-0.15, -0.1) is 0 Å². The van der Waals surface area contributed by atoms with Gasteiger partial charge in [-0.2, -0.15) is 9.38 Å². The van der Waals surface area contributed by atoms with E-state index in [2.05, 4.69) is 4.99 Å². The van der Waals surface area contributed by atoms with Crippen LogP contribution in [0.25, 0.3) is 0 Å². The van der Waals surface area contributed by atoms with Crippen LogP contribution in [-0.2, 0) is 10.3 Å². The van der Waals surface area contributed by atoms with Crippen molar-refractivity contribution in [3.8, 4) is 11.5 Å². The van der Waals surface area contributed by atoms with Gasteiger partial charge in [0.15, 0.2) is 11.5 Å². The number of isocyanates is 1. The highest BCUT2D eigenvalue weighted by molar-refractivity contribution is 6.32. The molecule has 18 heavy (non-hydrogen) atoms. The molecule has 0 saturated heterocycles.